The minimum atomic E-state index is -1.34. The van der Waals surface area contributed by atoms with E-state index in [1.54, 1.807) is 0 Å². The lowest BCUT2D eigenvalue weighted by Crippen LogP contribution is -2.47. The van der Waals surface area contributed by atoms with Crippen LogP contribution in [0.4, 0.5) is 0 Å². The fraction of sp³-hybridized carbons (Fsp3) is 0.897. The third kappa shape index (κ3) is 13.5. The lowest BCUT2D eigenvalue weighted by Gasteiger charge is -2.43. The molecular weight excluding hydrogens is 533 g/mol. The van der Waals surface area contributed by atoms with E-state index < -0.39 is 8.53 Å². The summed E-state index contributed by atoms with van der Waals surface area (Å²) in [5, 5.41) is 11.8. The van der Waals surface area contributed by atoms with E-state index in [4.69, 9.17) is 28.5 Å². The number of carbonyl (C=O) groups excluding carboxylic acids is 2. The molecule has 1 rings (SSSR count). The molecule has 1 amide bonds. The van der Waals surface area contributed by atoms with Gasteiger partial charge in [-0.05, 0) is 59.3 Å². The summed E-state index contributed by atoms with van der Waals surface area (Å²) in [5.41, 5.74) is 0. The van der Waals surface area contributed by atoms with Gasteiger partial charge in [-0.1, -0.05) is 27.2 Å². The molecule has 1 N–H and O–H groups in total. The molecule has 0 aromatic carbocycles. The Bertz CT molecular complexity index is 771. The Morgan fingerprint density at radius 2 is 1.68 bits per heavy atom. The SMILES string of the molecule is CC(=O)OCC1O[C@@H](OCCCCCC(=O)NCC(C)OP(OCCC#N)N(C(C)C)C(C)C)C(C)[C@@H](C)[C@H]1C. The van der Waals surface area contributed by atoms with Gasteiger partial charge in [-0.25, -0.2) is 4.67 Å². The predicted octanol–water partition coefficient (Wildman–Crippen LogP) is 5.56. The molecule has 10 nitrogen and oxygen atoms in total. The van der Waals surface area contributed by atoms with E-state index in [1.807, 2.05) is 6.92 Å². The number of ether oxygens (including phenoxy) is 3. The van der Waals surface area contributed by atoms with Gasteiger partial charge in [0.25, 0.3) is 8.53 Å². The number of nitriles is 1. The van der Waals surface area contributed by atoms with Crippen LogP contribution in [-0.4, -0.2) is 73.5 Å². The van der Waals surface area contributed by atoms with Crippen LogP contribution in [0.3, 0.4) is 0 Å². The first-order chi connectivity index (χ1) is 18.9. The van der Waals surface area contributed by atoms with Gasteiger partial charge >= 0.3 is 5.97 Å². The van der Waals surface area contributed by atoms with Gasteiger partial charge in [0, 0.05) is 44.5 Å². The van der Waals surface area contributed by atoms with Crippen LogP contribution in [0.25, 0.3) is 0 Å². The molecule has 0 aromatic heterocycles. The van der Waals surface area contributed by atoms with E-state index >= 15 is 0 Å². The normalized spacial score (nSPS) is 24.6. The van der Waals surface area contributed by atoms with Crippen molar-refractivity contribution in [2.24, 2.45) is 17.8 Å². The smallest absolute Gasteiger partial charge is 0.302 e. The van der Waals surface area contributed by atoms with Gasteiger partial charge in [0.05, 0.1) is 31.3 Å². The number of nitrogens with zero attached hydrogens (tertiary/aromatic N) is 2. The molecule has 1 aliphatic rings. The molecule has 232 valence electrons. The van der Waals surface area contributed by atoms with E-state index in [2.05, 4.69) is 64.5 Å². The van der Waals surface area contributed by atoms with E-state index in [-0.39, 0.29) is 60.9 Å². The number of carbonyl (C=O) groups is 2. The maximum Gasteiger partial charge on any atom is 0.302 e. The van der Waals surface area contributed by atoms with E-state index in [0.717, 1.165) is 19.3 Å². The molecule has 0 aliphatic carbocycles. The first-order valence-electron chi connectivity index (χ1n) is 14.8. The Morgan fingerprint density at radius 1 is 1.00 bits per heavy atom. The van der Waals surface area contributed by atoms with Crippen molar-refractivity contribution in [1.29, 1.82) is 5.26 Å². The predicted molar refractivity (Wildman–Crippen MR) is 156 cm³/mol. The number of unbranched alkanes of at least 4 members (excludes halogenated alkanes) is 2. The highest BCUT2D eigenvalue weighted by atomic mass is 31.2. The topological polar surface area (TPSA) is 119 Å². The molecule has 4 unspecified atom stereocenters. The summed E-state index contributed by atoms with van der Waals surface area (Å²) in [7, 11) is -1.34. The van der Waals surface area contributed by atoms with Crippen molar-refractivity contribution in [2.75, 3.05) is 26.4 Å². The van der Waals surface area contributed by atoms with Crippen LogP contribution >= 0.6 is 8.53 Å². The van der Waals surface area contributed by atoms with Gasteiger partial charge in [0.1, 0.15) is 6.61 Å². The average Bonchev–Trinajstić information content (AvgIpc) is 2.88. The molecule has 0 bridgehead atoms. The molecule has 40 heavy (non-hydrogen) atoms. The first-order valence-corrected chi connectivity index (χ1v) is 15.9. The second-order valence-electron chi connectivity index (χ2n) is 11.4. The zero-order chi connectivity index (χ0) is 30.2. The molecule has 1 saturated heterocycles. The highest BCUT2D eigenvalue weighted by Gasteiger charge is 2.40. The molecule has 0 aromatic rings. The molecular formula is C29H54N3O7P. The van der Waals surface area contributed by atoms with Crippen molar-refractivity contribution in [3.63, 3.8) is 0 Å². The fourth-order valence-electron chi connectivity index (χ4n) is 4.66. The summed E-state index contributed by atoms with van der Waals surface area (Å²) >= 11 is 0. The van der Waals surface area contributed by atoms with E-state index in [1.165, 1.54) is 6.92 Å². The summed E-state index contributed by atoms with van der Waals surface area (Å²) in [5.74, 6) is 0.586. The zero-order valence-corrected chi connectivity index (χ0v) is 27.1. The van der Waals surface area contributed by atoms with Crippen molar-refractivity contribution < 1.29 is 32.8 Å². The van der Waals surface area contributed by atoms with Crippen LogP contribution in [0.1, 0.15) is 94.4 Å². The maximum atomic E-state index is 12.4. The summed E-state index contributed by atoms with van der Waals surface area (Å²) < 4.78 is 31.7. The Morgan fingerprint density at radius 3 is 2.27 bits per heavy atom. The molecule has 0 saturated carbocycles. The zero-order valence-electron chi connectivity index (χ0n) is 26.2. The molecule has 1 fully saturated rings. The summed E-state index contributed by atoms with van der Waals surface area (Å²) in [6.07, 6.45) is 2.51. The number of amides is 1. The molecule has 1 aliphatic heterocycles. The quantitative estimate of drug-likeness (QED) is 0.118. The average molecular weight is 588 g/mol. The van der Waals surface area contributed by atoms with E-state index in [9.17, 15) is 9.59 Å². The van der Waals surface area contributed by atoms with Crippen LogP contribution in [0.5, 0.6) is 0 Å². The van der Waals surface area contributed by atoms with Gasteiger partial charge in [-0.2, -0.15) is 5.26 Å². The highest BCUT2D eigenvalue weighted by molar-refractivity contribution is 7.44. The third-order valence-electron chi connectivity index (χ3n) is 7.28. The van der Waals surface area contributed by atoms with Gasteiger partial charge in [0.15, 0.2) is 6.29 Å². The standard InChI is InChI=1S/C29H54N3O7P/c1-20(2)32(21(3)4)40(37-17-13-15-30)39-22(5)18-31-28(34)14-11-10-12-16-35-29-25(8)23(6)24(7)27(38-29)19-36-26(9)33/h20-25,27,29H,10-14,16-19H2,1-9H3,(H,31,34)/t22?,23-,24+,25?,27?,29+,40?/m0/s1. The van der Waals surface area contributed by atoms with Gasteiger partial charge in [0.2, 0.25) is 5.91 Å². The lowest BCUT2D eigenvalue weighted by atomic mass is 9.79. The van der Waals surface area contributed by atoms with E-state index in [0.29, 0.717) is 38.5 Å². The number of hydrogen-bond donors (Lipinski definition) is 1. The molecule has 0 spiro atoms. The maximum absolute atomic E-state index is 12.4. The Balaban J connectivity index is 2.35. The van der Waals surface area contributed by atoms with Crippen molar-refractivity contribution in [2.45, 2.75) is 125 Å². The van der Waals surface area contributed by atoms with Crippen molar-refractivity contribution in [1.82, 2.24) is 9.99 Å². The van der Waals surface area contributed by atoms with Crippen molar-refractivity contribution >= 4 is 20.4 Å². The lowest BCUT2D eigenvalue weighted by molar-refractivity contribution is -0.255. The number of rotatable bonds is 19. The highest BCUT2D eigenvalue weighted by Crippen LogP contribution is 2.47. The Hall–Kier alpha value is -1.34. The Kier molecular flexibility index (Phi) is 18.1. The molecule has 0 radical (unpaired) electrons. The Labute approximate surface area is 243 Å². The van der Waals surface area contributed by atoms with Gasteiger partial charge < -0.3 is 28.6 Å². The van der Waals surface area contributed by atoms with Crippen LogP contribution < -0.4 is 5.32 Å². The third-order valence-corrected chi connectivity index (χ3v) is 9.53. The number of esters is 1. The second kappa shape index (κ2) is 19.7. The van der Waals surface area contributed by atoms with Crippen LogP contribution in [0.15, 0.2) is 0 Å². The summed E-state index contributed by atoms with van der Waals surface area (Å²) in [6.45, 7) is 19.7. The van der Waals surface area contributed by atoms with Crippen LogP contribution in [-0.2, 0) is 32.8 Å². The summed E-state index contributed by atoms with van der Waals surface area (Å²) in [4.78, 5) is 23.6. The molecule has 1 heterocycles. The monoisotopic (exact) mass is 587 g/mol. The number of hydrogen-bond acceptors (Lipinski definition) is 9. The second-order valence-corrected chi connectivity index (χ2v) is 12.8. The largest absolute Gasteiger partial charge is 0.463 e. The number of nitrogens with one attached hydrogen (secondary N) is 1. The minimum Gasteiger partial charge on any atom is -0.463 e. The fourth-order valence-corrected chi connectivity index (χ4v) is 6.35. The van der Waals surface area contributed by atoms with Crippen LogP contribution in [0, 0.1) is 29.1 Å². The summed E-state index contributed by atoms with van der Waals surface area (Å²) in [6, 6.07) is 2.55. The van der Waals surface area contributed by atoms with Crippen LogP contribution in [0.2, 0.25) is 0 Å². The minimum absolute atomic E-state index is 0.00367. The molecule has 7 atom stereocenters. The first kappa shape index (κ1) is 36.7. The van der Waals surface area contributed by atoms with Gasteiger partial charge in [-0.3, -0.25) is 9.59 Å². The molecule has 11 heteroatoms. The van der Waals surface area contributed by atoms with Crippen molar-refractivity contribution in [3.05, 3.63) is 0 Å². The van der Waals surface area contributed by atoms with Crippen molar-refractivity contribution in [3.8, 4) is 6.07 Å². The van der Waals surface area contributed by atoms with Gasteiger partial charge in [-0.15, -0.1) is 0 Å².